The highest BCUT2D eigenvalue weighted by Crippen LogP contribution is 2.72. The zero-order chi connectivity index (χ0) is 41.2. The van der Waals surface area contributed by atoms with Crippen LogP contribution in [-0.4, -0.2) is 37.4 Å². The second-order valence-corrected chi connectivity index (χ2v) is 19.3. The Morgan fingerprint density at radius 2 is 0.632 bits per heavy atom. The van der Waals surface area contributed by atoms with Gasteiger partial charge < -0.3 is 4.18 Å². The molecule has 6 aromatic rings. The van der Waals surface area contributed by atoms with Gasteiger partial charge in [-0.1, -0.05) is 109 Å². The maximum Gasteiger partial charge on any atom is 0.439 e. The van der Waals surface area contributed by atoms with Gasteiger partial charge in [0.1, 0.15) is 0 Å². The van der Waals surface area contributed by atoms with E-state index in [4.69, 9.17) is 7.81 Å². The standard InChI is InChI=1S/C41H30F8O5S3/c42-38(43,37(50)53-55(31-19-7-1-8-20-31,32-21-9-2-10-22-32)33-23-11-3-12-24-33)39(44,45)40(46,47)41(48,49)57(51,52)54-56(34-25-13-4-14-26-34,35-27-15-5-16-28-35)36-29-17-6-18-30-36/h1-30H. The SMILES string of the molecule is O=C(OS(c1ccccc1)(c1ccccc1)c1ccccc1)C(F)(F)C(F)(F)C(F)(F)C(F)(F)S(=O)(=O)OS(c1ccccc1)(c1ccccc1)c1ccccc1. The smallest absolute Gasteiger partial charge is 0.397 e. The van der Waals surface area contributed by atoms with Gasteiger partial charge in [-0.15, -0.1) is 0 Å². The molecule has 0 N–H and O–H groups in total. The molecule has 0 unspecified atom stereocenters. The summed E-state index contributed by atoms with van der Waals surface area (Å²) in [6.07, 6.45) is 0. The summed E-state index contributed by atoms with van der Waals surface area (Å²) in [5.41, 5.74) is 0. The monoisotopic (exact) mass is 850 g/mol. The van der Waals surface area contributed by atoms with Crippen molar-refractivity contribution in [3.63, 3.8) is 0 Å². The number of hydrogen-bond acceptors (Lipinski definition) is 5. The van der Waals surface area contributed by atoms with Gasteiger partial charge in [0, 0.05) is 29.4 Å². The molecule has 0 atom stereocenters. The van der Waals surface area contributed by atoms with Gasteiger partial charge in [-0.25, -0.2) is 8.42 Å². The van der Waals surface area contributed by atoms with Gasteiger partial charge in [0.15, 0.2) is 0 Å². The van der Waals surface area contributed by atoms with Crippen LogP contribution in [0, 0.1) is 0 Å². The molecule has 0 aliphatic heterocycles. The molecule has 6 rings (SSSR count). The zero-order valence-electron chi connectivity index (χ0n) is 29.1. The van der Waals surface area contributed by atoms with E-state index in [2.05, 4.69) is 0 Å². The lowest BCUT2D eigenvalue weighted by molar-refractivity contribution is -0.340. The Bertz CT molecular complexity index is 2200. The van der Waals surface area contributed by atoms with Crippen LogP contribution in [0.3, 0.4) is 0 Å². The summed E-state index contributed by atoms with van der Waals surface area (Å²) in [6, 6.07) is 40.8. The van der Waals surface area contributed by atoms with E-state index in [1.54, 1.807) is 0 Å². The van der Waals surface area contributed by atoms with Gasteiger partial charge in [-0.05, 0) is 93.4 Å². The molecule has 0 saturated carbocycles. The number of halogens is 8. The first-order chi connectivity index (χ1) is 27.0. The molecule has 0 spiro atoms. The Morgan fingerprint density at radius 1 is 0.386 bits per heavy atom. The predicted molar refractivity (Wildman–Crippen MR) is 199 cm³/mol. The van der Waals surface area contributed by atoms with Crippen molar-refractivity contribution in [2.75, 3.05) is 0 Å². The van der Waals surface area contributed by atoms with E-state index in [0.29, 0.717) is 0 Å². The van der Waals surface area contributed by atoms with Crippen molar-refractivity contribution in [2.45, 2.75) is 52.4 Å². The second-order valence-electron chi connectivity index (χ2n) is 12.1. The van der Waals surface area contributed by atoms with Crippen LogP contribution in [0.1, 0.15) is 0 Å². The summed E-state index contributed by atoms with van der Waals surface area (Å²) in [5, 5.41) is -7.11. The molecular weight excluding hydrogens is 821 g/mol. The number of alkyl halides is 8. The maximum absolute atomic E-state index is 16.1. The Kier molecular flexibility index (Phi) is 11.4. The average Bonchev–Trinajstić information content (AvgIpc) is 3.23. The number of carbonyl (C=O) groups excluding carboxylic acids is 1. The maximum atomic E-state index is 16.1. The third-order valence-electron chi connectivity index (χ3n) is 8.57. The number of benzene rings is 6. The molecule has 0 saturated heterocycles. The van der Waals surface area contributed by atoms with E-state index in [9.17, 15) is 13.2 Å². The zero-order valence-corrected chi connectivity index (χ0v) is 31.6. The third-order valence-corrected chi connectivity index (χ3v) is 17.0. The van der Waals surface area contributed by atoms with Crippen molar-refractivity contribution < 1.29 is 56.1 Å². The minimum Gasteiger partial charge on any atom is -0.397 e. The van der Waals surface area contributed by atoms with Crippen molar-refractivity contribution >= 4 is 36.7 Å². The first-order valence-corrected chi connectivity index (χ1v) is 21.2. The molecule has 0 radical (unpaired) electrons. The third kappa shape index (κ3) is 6.98. The quantitative estimate of drug-likeness (QED) is 0.102. The lowest BCUT2D eigenvalue weighted by Crippen LogP contribution is -2.66. The molecule has 6 aromatic carbocycles. The highest BCUT2D eigenvalue weighted by atomic mass is 32.3. The Balaban J connectivity index is 1.46. The highest BCUT2D eigenvalue weighted by Gasteiger charge is 2.87. The molecule has 57 heavy (non-hydrogen) atoms. The summed E-state index contributed by atoms with van der Waals surface area (Å²) in [7, 11) is -15.3. The molecular formula is C41H30F8O5S3. The van der Waals surface area contributed by atoms with E-state index in [0.717, 1.165) is 0 Å². The molecule has 0 aliphatic rings. The topological polar surface area (TPSA) is 69.7 Å². The van der Waals surface area contributed by atoms with Gasteiger partial charge in [-0.3, -0.25) is 0 Å². The van der Waals surface area contributed by atoms with Crippen LogP contribution in [-0.2, 0) is 22.7 Å². The molecule has 0 bridgehead atoms. The molecule has 0 aliphatic carbocycles. The van der Waals surface area contributed by atoms with Crippen LogP contribution in [0.25, 0.3) is 0 Å². The highest BCUT2D eigenvalue weighted by molar-refractivity contribution is 8.33. The number of rotatable bonds is 14. The van der Waals surface area contributed by atoms with E-state index >= 15 is 35.1 Å². The molecule has 298 valence electrons. The van der Waals surface area contributed by atoms with Crippen LogP contribution in [0.4, 0.5) is 35.1 Å². The van der Waals surface area contributed by atoms with Gasteiger partial charge in [-0.2, -0.15) is 43.5 Å². The minimum atomic E-state index is -7.51. The summed E-state index contributed by atoms with van der Waals surface area (Å²) >= 11 is 0. The van der Waals surface area contributed by atoms with Crippen molar-refractivity contribution in [1.82, 2.24) is 0 Å². The van der Waals surface area contributed by atoms with Crippen molar-refractivity contribution in [1.29, 1.82) is 0 Å². The second kappa shape index (κ2) is 15.6. The van der Waals surface area contributed by atoms with Crippen LogP contribution < -0.4 is 0 Å². The number of carbonyl (C=O) groups is 1. The fourth-order valence-corrected chi connectivity index (χ4v) is 14.1. The van der Waals surface area contributed by atoms with Gasteiger partial charge >= 0.3 is 39.1 Å². The molecule has 0 amide bonds. The predicted octanol–water partition coefficient (Wildman–Crippen LogP) is 12.2. The molecule has 16 heteroatoms. The van der Waals surface area contributed by atoms with Crippen LogP contribution in [0.2, 0.25) is 0 Å². The fraction of sp³-hybridized carbons (Fsp3) is 0.0976. The largest absolute Gasteiger partial charge is 0.439 e. The molecule has 0 fully saturated rings. The van der Waals surface area contributed by atoms with E-state index in [-0.39, 0.29) is 29.4 Å². The van der Waals surface area contributed by atoms with Gasteiger partial charge in [0.05, 0.1) is 0 Å². The number of hydrogen-bond donors (Lipinski definition) is 0. The van der Waals surface area contributed by atoms with E-state index < -0.39 is 59.7 Å². The Hall–Kier alpha value is -5.16. The van der Waals surface area contributed by atoms with Crippen molar-refractivity contribution in [2.24, 2.45) is 0 Å². The van der Waals surface area contributed by atoms with E-state index in [1.807, 2.05) is 0 Å². The van der Waals surface area contributed by atoms with Gasteiger partial charge in [0.25, 0.3) is 0 Å². The van der Waals surface area contributed by atoms with Crippen molar-refractivity contribution in [3.05, 3.63) is 182 Å². The van der Waals surface area contributed by atoms with Crippen LogP contribution in [0.15, 0.2) is 211 Å². The lowest BCUT2D eigenvalue weighted by atomic mass is 10.1. The normalized spacial score (nSPS) is 13.8. The Morgan fingerprint density at radius 3 is 0.895 bits per heavy atom. The summed E-state index contributed by atoms with van der Waals surface area (Å²) < 4.78 is 165. The van der Waals surface area contributed by atoms with Crippen LogP contribution in [0.5, 0.6) is 0 Å². The first kappa shape index (κ1) is 41.5. The average molecular weight is 851 g/mol. The summed E-state index contributed by atoms with van der Waals surface area (Å²) in [5.74, 6) is -25.0. The van der Waals surface area contributed by atoms with E-state index in [1.165, 1.54) is 182 Å². The van der Waals surface area contributed by atoms with Gasteiger partial charge in [0.2, 0.25) is 0 Å². The van der Waals surface area contributed by atoms with Crippen molar-refractivity contribution in [3.8, 4) is 0 Å². The first-order valence-electron chi connectivity index (χ1n) is 16.6. The fourth-order valence-electron chi connectivity index (χ4n) is 5.76. The molecule has 5 nitrogen and oxygen atoms in total. The lowest BCUT2D eigenvalue weighted by Gasteiger charge is -2.43. The van der Waals surface area contributed by atoms with Crippen LogP contribution >= 0.6 is 20.6 Å². The minimum absolute atomic E-state index is 0.0371. The molecule has 0 heterocycles. The Labute approximate surface area is 326 Å². The summed E-state index contributed by atoms with van der Waals surface area (Å²) in [4.78, 5) is 12.9. The summed E-state index contributed by atoms with van der Waals surface area (Å²) in [6.45, 7) is 0. The molecule has 0 aromatic heterocycles.